The molecule has 1 aromatic carbocycles. The van der Waals surface area contributed by atoms with Crippen molar-refractivity contribution in [2.45, 2.75) is 19.1 Å². The zero-order valence-corrected chi connectivity index (χ0v) is 10.8. The molecule has 21 heavy (non-hydrogen) atoms. The first-order valence-corrected chi connectivity index (χ1v) is 5.94. The Morgan fingerprint density at radius 3 is 2.52 bits per heavy atom. The van der Waals surface area contributed by atoms with Crippen LogP contribution in [0.4, 0.5) is 18.9 Å². The molecule has 2 rings (SSSR count). The molecule has 1 atom stereocenters. The topological polar surface area (TPSA) is 64.2 Å². The van der Waals surface area contributed by atoms with E-state index in [9.17, 15) is 22.8 Å². The highest BCUT2D eigenvalue weighted by Gasteiger charge is 2.34. The molecule has 2 aromatic rings. The van der Waals surface area contributed by atoms with Crippen molar-refractivity contribution in [3.05, 3.63) is 52.5 Å². The van der Waals surface area contributed by atoms with Gasteiger partial charge in [0.15, 0.2) is 0 Å². The van der Waals surface area contributed by atoms with Crippen LogP contribution in [0.5, 0.6) is 0 Å². The van der Waals surface area contributed by atoms with Gasteiger partial charge in [0, 0.05) is 6.07 Å². The van der Waals surface area contributed by atoms with E-state index in [1.165, 1.54) is 19.1 Å². The average Bonchev–Trinajstić information content (AvgIpc) is 2.83. The van der Waals surface area contributed by atoms with Crippen molar-refractivity contribution in [3.63, 3.8) is 0 Å². The summed E-state index contributed by atoms with van der Waals surface area (Å²) in [5, 5.41) is 2.15. The maximum atomic E-state index is 12.8. The zero-order valence-electron chi connectivity index (χ0n) is 10.8. The third-order valence-electron chi connectivity index (χ3n) is 2.82. The lowest BCUT2D eigenvalue weighted by Gasteiger charge is -2.15. The molecule has 0 fully saturated rings. The predicted molar refractivity (Wildman–Crippen MR) is 67.8 cm³/mol. The molecule has 0 bridgehead atoms. The van der Waals surface area contributed by atoms with Crippen molar-refractivity contribution in [2.24, 2.45) is 0 Å². The van der Waals surface area contributed by atoms with E-state index in [1.807, 2.05) is 0 Å². The Morgan fingerprint density at radius 1 is 1.29 bits per heavy atom. The summed E-state index contributed by atoms with van der Waals surface area (Å²) in [5.41, 5.74) is -1.89. The van der Waals surface area contributed by atoms with Crippen LogP contribution in [-0.2, 0) is 11.0 Å². The third kappa shape index (κ3) is 3.15. The first-order chi connectivity index (χ1) is 9.80. The van der Waals surface area contributed by atoms with Crippen LogP contribution in [0.3, 0.4) is 0 Å². The SMILES string of the molecule is C[C@H](C(=O)Nc1ccccc1C(F)(F)F)n1occc1=O. The van der Waals surface area contributed by atoms with Gasteiger partial charge in [-0.15, -0.1) is 0 Å². The fraction of sp³-hybridized carbons (Fsp3) is 0.231. The molecule has 0 radical (unpaired) electrons. The molecule has 0 aliphatic carbocycles. The van der Waals surface area contributed by atoms with E-state index in [-0.39, 0.29) is 5.69 Å². The number of amides is 1. The number of rotatable bonds is 3. The van der Waals surface area contributed by atoms with Gasteiger partial charge in [0.05, 0.1) is 11.3 Å². The first kappa shape index (κ1) is 14.9. The number of anilines is 1. The summed E-state index contributed by atoms with van der Waals surface area (Å²) in [7, 11) is 0. The van der Waals surface area contributed by atoms with Gasteiger partial charge in [0.25, 0.3) is 11.5 Å². The maximum Gasteiger partial charge on any atom is 0.418 e. The first-order valence-electron chi connectivity index (χ1n) is 5.94. The highest BCUT2D eigenvalue weighted by molar-refractivity contribution is 5.94. The van der Waals surface area contributed by atoms with Crippen molar-refractivity contribution in [1.29, 1.82) is 0 Å². The Morgan fingerprint density at radius 2 is 1.95 bits per heavy atom. The fourth-order valence-electron chi connectivity index (χ4n) is 1.74. The monoisotopic (exact) mass is 300 g/mol. The largest absolute Gasteiger partial charge is 0.418 e. The van der Waals surface area contributed by atoms with E-state index in [1.54, 1.807) is 0 Å². The van der Waals surface area contributed by atoms with Crippen LogP contribution in [-0.4, -0.2) is 10.6 Å². The number of hydrogen-bond donors (Lipinski definition) is 1. The van der Waals surface area contributed by atoms with Crippen LogP contribution >= 0.6 is 0 Å². The number of para-hydroxylation sites is 1. The van der Waals surface area contributed by atoms with E-state index in [2.05, 4.69) is 5.32 Å². The summed E-state index contributed by atoms with van der Waals surface area (Å²) in [6.07, 6.45) is -3.50. The summed E-state index contributed by atoms with van der Waals surface area (Å²) in [4.78, 5) is 23.3. The molecular formula is C13H11F3N2O3. The van der Waals surface area contributed by atoms with Gasteiger partial charge in [0.1, 0.15) is 12.3 Å². The number of hydrogen-bond acceptors (Lipinski definition) is 3. The lowest BCUT2D eigenvalue weighted by atomic mass is 10.1. The lowest BCUT2D eigenvalue weighted by Crippen LogP contribution is -2.29. The average molecular weight is 300 g/mol. The Balaban J connectivity index is 2.25. The lowest BCUT2D eigenvalue weighted by molar-refractivity contribution is -0.137. The minimum Gasteiger partial charge on any atom is -0.383 e. The van der Waals surface area contributed by atoms with Crippen LogP contribution < -0.4 is 10.9 Å². The molecular weight excluding hydrogens is 289 g/mol. The van der Waals surface area contributed by atoms with Crippen LogP contribution in [0, 0.1) is 0 Å². The zero-order chi connectivity index (χ0) is 15.6. The molecule has 0 aliphatic rings. The van der Waals surface area contributed by atoms with Crippen LogP contribution in [0.2, 0.25) is 0 Å². The van der Waals surface area contributed by atoms with E-state index >= 15 is 0 Å². The van der Waals surface area contributed by atoms with Gasteiger partial charge in [-0.2, -0.15) is 17.9 Å². The number of nitrogens with zero attached hydrogens (tertiary/aromatic N) is 1. The second-order valence-corrected chi connectivity index (χ2v) is 4.28. The molecule has 0 saturated heterocycles. The number of alkyl halides is 3. The second-order valence-electron chi connectivity index (χ2n) is 4.28. The Kier molecular flexibility index (Phi) is 3.88. The van der Waals surface area contributed by atoms with Crippen molar-refractivity contribution < 1.29 is 22.5 Å². The molecule has 1 N–H and O–H groups in total. The van der Waals surface area contributed by atoms with Crippen LogP contribution in [0.15, 0.2) is 45.9 Å². The van der Waals surface area contributed by atoms with Gasteiger partial charge < -0.3 is 9.84 Å². The standard InChI is InChI=1S/C13H11F3N2O3/c1-8(18-11(19)6-7-21-18)12(20)17-10-5-3-2-4-9(10)13(14,15)16/h2-8H,1H3,(H,17,20)/t8-/m1/s1. The molecule has 1 amide bonds. The molecule has 0 unspecified atom stereocenters. The maximum absolute atomic E-state index is 12.8. The van der Waals surface area contributed by atoms with Gasteiger partial charge >= 0.3 is 6.18 Å². The highest BCUT2D eigenvalue weighted by atomic mass is 19.4. The third-order valence-corrected chi connectivity index (χ3v) is 2.82. The van der Waals surface area contributed by atoms with Gasteiger partial charge in [-0.05, 0) is 19.1 Å². The second kappa shape index (κ2) is 5.47. The molecule has 1 aromatic heterocycles. The van der Waals surface area contributed by atoms with Crippen molar-refractivity contribution in [2.75, 3.05) is 5.32 Å². The molecule has 0 saturated carbocycles. The van der Waals surface area contributed by atoms with E-state index in [4.69, 9.17) is 4.52 Å². The number of benzene rings is 1. The number of carbonyl (C=O) groups excluding carboxylic acids is 1. The smallest absolute Gasteiger partial charge is 0.383 e. The van der Waals surface area contributed by atoms with Gasteiger partial charge in [-0.1, -0.05) is 12.1 Å². The number of halogens is 3. The predicted octanol–water partition coefficient (Wildman–Crippen LogP) is 2.66. The minimum atomic E-state index is -4.59. The Bertz CT molecular complexity index is 703. The summed E-state index contributed by atoms with van der Waals surface area (Å²) >= 11 is 0. The molecule has 8 heteroatoms. The number of nitrogens with one attached hydrogen (secondary N) is 1. The van der Waals surface area contributed by atoms with Crippen molar-refractivity contribution in [1.82, 2.24) is 4.74 Å². The summed E-state index contributed by atoms with van der Waals surface area (Å²) in [6, 6.07) is 4.62. The van der Waals surface area contributed by atoms with Crippen molar-refractivity contribution in [3.8, 4) is 0 Å². The molecule has 5 nitrogen and oxygen atoms in total. The quantitative estimate of drug-likeness (QED) is 0.947. The van der Waals surface area contributed by atoms with Crippen LogP contribution in [0.1, 0.15) is 18.5 Å². The highest BCUT2D eigenvalue weighted by Crippen LogP contribution is 2.34. The summed E-state index contributed by atoms with van der Waals surface area (Å²) in [6.45, 7) is 1.34. The van der Waals surface area contributed by atoms with Crippen LogP contribution in [0.25, 0.3) is 0 Å². The molecule has 1 heterocycles. The fourth-order valence-corrected chi connectivity index (χ4v) is 1.74. The minimum absolute atomic E-state index is 0.374. The normalized spacial score (nSPS) is 13.0. The Hall–Kier alpha value is -2.51. The summed E-state index contributed by atoms with van der Waals surface area (Å²) in [5.74, 6) is -0.788. The number of carbonyl (C=O) groups is 1. The van der Waals surface area contributed by atoms with Gasteiger partial charge in [-0.25, -0.2) is 0 Å². The Labute approximate surface area is 116 Å². The van der Waals surface area contributed by atoms with E-state index < -0.39 is 29.2 Å². The molecule has 112 valence electrons. The van der Waals surface area contributed by atoms with E-state index in [0.29, 0.717) is 0 Å². The van der Waals surface area contributed by atoms with E-state index in [0.717, 1.165) is 29.2 Å². The number of aromatic nitrogens is 1. The molecule has 0 spiro atoms. The van der Waals surface area contributed by atoms with Crippen molar-refractivity contribution >= 4 is 11.6 Å². The van der Waals surface area contributed by atoms with Gasteiger partial charge in [-0.3, -0.25) is 9.59 Å². The van der Waals surface area contributed by atoms with Gasteiger partial charge in [0.2, 0.25) is 0 Å². The summed E-state index contributed by atoms with van der Waals surface area (Å²) < 4.78 is 44.0. The molecule has 0 aliphatic heterocycles.